The summed E-state index contributed by atoms with van der Waals surface area (Å²) in [5.74, 6) is 5.01. The number of benzene rings is 1. The summed E-state index contributed by atoms with van der Waals surface area (Å²) < 4.78 is 1.75. The van der Waals surface area contributed by atoms with Crippen molar-refractivity contribution in [2.75, 3.05) is 0 Å². The van der Waals surface area contributed by atoms with Gasteiger partial charge in [-0.1, -0.05) is 24.3 Å². The molecule has 2 aromatic rings. The third kappa shape index (κ3) is 3.30. The quantitative estimate of drug-likeness (QED) is 0.837. The van der Waals surface area contributed by atoms with E-state index in [-0.39, 0.29) is 5.56 Å². The summed E-state index contributed by atoms with van der Waals surface area (Å²) in [7, 11) is 0. The minimum Gasteiger partial charge on any atom is -0.478 e. The summed E-state index contributed by atoms with van der Waals surface area (Å²) in [5, 5.41) is 20.0. The number of aromatic carboxylic acids is 1. The van der Waals surface area contributed by atoms with Crippen LogP contribution in [0, 0.1) is 11.8 Å². The molecule has 0 amide bonds. The van der Waals surface area contributed by atoms with Crippen molar-refractivity contribution < 1.29 is 15.0 Å². The van der Waals surface area contributed by atoms with Crippen molar-refractivity contribution in [3.8, 4) is 17.5 Å². The van der Waals surface area contributed by atoms with Crippen LogP contribution in [-0.2, 0) is 0 Å². The molecule has 1 heterocycles. The Bertz CT molecular complexity index is 760. The van der Waals surface area contributed by atoms with Crippen LogP contribution in [0.25, 0.3) is 5.69 Å². The number of aromatic nitrogens is 1. The van der Waals surface area contributed by atoms with E-state index in [0.29, 0.717) is 24.1 Å². The number of hydrogen-bond acceptors (Lipinski definition) is 2. The van der Waals surface area contributed by atoms with Crippen LogP contribution >= 0.6 is 0 Å². The maximum atomic E-state index is 11.5. The molecule has 0 saturated heterocycles. The number of carbonyl (C=O) groups is 1. The Hall–Kier alpha value is -2.51. The number of hydrogen-bond donors (Lipinski definition) is 2. The number of carboxylic acids is 1. The topological polar surface area (TPSA) is 62.5 Å². The standard InChI is InChI=1S/C19H19NO3/c21-18(22)16-8-6-7-15(17(16)20-13-4-5-14-20)9-12-19(23)10-2-1-3-11-19/h4-8,13-14,23H,1-3,10-11H2,(H,21,22). The highest BCUT2D eigenvalue weighted by Gasteiger charge is 2.26. The third-order valence-electron chi connectivity index (χ3n) is 4.24. The first-order chi connectivity index (χ1) is 11.1. The van der Waals surface area contributed by atoms with Gasteiger partial charge in [-0.15, -0.1) is 0 Å². The van der Waals surface area contributed by atoms with Crippen LogP contribution in [0.15, 0.2) is 42.7 Å². The van der Waals surface area contributed by atoms with Gasteiger partial charge in [-0.05, 0) is 49.9 Å². The van der Waals surface area contributed by atoms with Crippen LogP contribution < -0.4 is 0 Å². The monoisotopic (exact) mass is 309 g/mol. The number of rotatable bonds is 2. The van der Waals surface area contributed by atoms with E-state index in [2.05, 4.69) is 11.8 Å². The summed E-state index contributed by atoms with van der Waals surface area (Å²) in [5.41, 5.74) is 0.395. The van der Waals surface area contributed by atoms with Gasteiger partial charge >= 0.3 is 5.97 Å². The van der Waals surface area contributed by atoms with E-state index in [0.717, 1.165) is 19.3 Å². The Kier molecular flexibility index (Phi) is 4.22. The van der Waals surface area contributed by atoms with Gasteiger partial charge in [0.05, 0.1) is 11.3 Å². The van der Waals surface area contributed by atoms with E-state index < -0.39 is 11.6 Å². The molecule has 118 valence electrons. The molecule has 1 fully saturated rings. The maximum absolute atomic E-state index is 11.5. The van der Waals surface area contributed by atoms with Gasteiger partial charge in [0.25, 0.3) is 0 Å². The van der Waals surface area contributed by atoms with Gasteiger partial charge in [0, 0.05) is 18.0 Å². The van der Waals surface area contributed by atoms with Gasteiger partial charge in [-0.2, -0.15) is 0 Å². The Labute approximate surface area is 135 Å². The van der Waals surface area contributed by atoms with Crippen molar-refractivity contribution in [2.24, 2.45) is 0 Å². The maximum Gasteiger partial charge on any atom is 0.337 e. The second-order valence-corrected chi connectivity index (χ2v) is 5.94. The van der Waals surface area contributed by atoms with Gasteiger partial charge in [0.15, 0.2) is 0 Å². The molecule has 2 N–H and O–H groups in total. The second kappa shape index (κ2) is 6.31. The Morgan fingerprint density at radius 2 is 1.78 bits per heavy atom. The van der Waals surface area contributed by atoms with Gasteiger partial charge < -0.3 is 14.8 Å². The van der Waals surface area contributed by atoms with Crippen molar-refractivity contribution >= 4 is 5.97 Å². The molecule has 1 saturated carbocycles. The lowest BCUT2D eigenvalue weighted by Crippen LogP contribution is -2.29. The molecular weight excluding hydrogens is 290 g/mol. The molecule has 0 unspecified atom stereocenters. The number of carboxylic acid groups (broad SMARTS) is 1. The van der Waals surface area contributed by atoms with Gasteiger partial charge in [-0.25, -0.2) is 4.79 Å². The fraction of sp³-hybridized carbons (Fsp3) is 0.316. The lowest BCUT2D eigenvalue weighted by molar-refractivity contribution is 0.0610. The molecule has 1 aromatic heterocycles. The molecule has 0 spiro atoms. The van der Waals surface area contributed by atoms with Crippen molar-refractivity contribution in [1.29, 1.82) is 0 Å². The smallest absolute Gasteiger partial charge is 0.337 e. The molecule has 1 aliphatic rings. The van der Waals surface area contributed by atoms with Crippen LogP contribution in [0.1, 0.15) is 48.0 Å². The van der Waals surface area contributed by atoms with E-state index in [1.54, 1.807) is 35.2 Å². The number of aliphatic hydroxyl groups is 1. The zero-order valence-corrected chi connectivity index (χ0v) is 12.8. The second-order valence-electron chi connectivity index (χ2n) is 5.94. The highest BCUT2D eigenvalue weighted by Crippen LogP contribution is 2.28. The van der Waals surface area contributed by atoms with Gasteiger partial charge in [0.2, 0.25) is 0 Å². The van der Waals surface area contributed by atoms with Crippen molar-refractivity contribution in [2.45, 2.75) is 37.7 Å². The first-order valence-electron chi connectivity index (χ1n) is 7.84. The minimum atomic E-state index is -0.992. The SMILES string of the molecule is O=C(O)c1cccc(C#CC2(O)CCCCC2)c1-n1cccc1. The van der Waals surface area contributed by atoms with E-state index in [4.69, 9.17) is 0 Å². The normalized spacial score (nSPS) is 16.4. The number of nitrogens with zero attached hydrogens (tertiary/aromatic N) is 1. The largest absolute Gasteiger partial charge is 0.478 e. The molecule has 4 nitrogen and oxygen atoms in total. The molecule has 3 rings (SSSR count). The predicted octanol–water partition coefficient (Wildman–Crippen LogP) is 3.22. The van der Waals surface area contributed by atoms with Crippen LogP contribution in [-0.4, -0.2) is 26.4 Å². The molecule has 0 aliphatic heterocycles. The van der Waals surface area contributed by atoms with Crippen LogP contribution in [0.2, 0.25) is 0 Å². The lowest BCUT2D eigenvalue weighted by atomic mass is 9.85. The molecular formula is C19H19NO3. The Morgan fingerprint density at radius 3 is 2.43 bits per heavy atom. The highest BCUT2D eigenvalue weighted by molar-refractivity contribution is 5.93. The molecule has 1 aliphatic carbocycles. The molecule has 0 atom stereocenters. The van der Waals surface area contributed by atoms with Crippen LogP contribution in [0.3, 0.4) is 0 Å². The molecule has 4 heteroatoms. The zero-order valence-electron chi connectivity index (χ0n) is 12.8. The van der Waals surface area contributed by atoms with E-state index in [1.807, 2.05) is 12.1 Å². The highest BCUT2D eigenvalue weighted by atomic mass is 16.4. The summed E-state index contributed by atoms with van der Waals surface area (Å²) in [6.45, 7) is 0. The zero-order chi connectivity index (χ0) is 16.3. The van der Waals surface area contributed by atoms with E-state index in [1.165, 1.54) is 0 Å². The summed E-state index contributed by atoms with van der Waals surface area (Å²) in [6.07, 6.45) is 8.03. The molecule has 1 aromatic carbocycles. The predicted molar refractivity (Wildman–Crippen MR) is 87.6 cm³/mol. The summed E-state index contributed by atoms with van der Waals surface area (Å²) >= 11 is 0. The first-order valence-corrected chi connectivity index (χ1v) is 7.84. The molecule has 0 radical (unpaired) electrons. The van der Waals surface area contributed by atoms with Crippen molar-refractivity contribution in [3.63, 3.8) is 0 Å². The van der Waals surface area contributed by atoms with Gasteiger partial charge in [0.1, 0.15) is 5.60 Å². The molecule has 23 heavy (non-hydrogen) atoms. The summed E-state index contributed by atoms with van der Waals surface area (Å²) in [6, 6.07) is 8.72. The van der Waals surface area contributed by atoms with E-state index in [9.17, 15) is 15.0 Å². The van der Waals surface area contributed by atoms with Crippen LogP contribution in [0.4, 0.5) is 0 Å². The molecule has 0 bridgehead atoms. The lowest BCUT2D eigenvalue weighted by Gasteiger charge is -2.26. The van der Waals surface area contributed by atoms with Crippen molar-refractivity contribution in [1.82, 2.24) is 4.57 Å². The summed E-state index contributed by atoms with van der Waals surface area (Å²) in [4.78, 5) is 11.5. The van der Waals surface area contributed by atoms with Crippen molar-refractivity contribution in [3.05, 3.63) is 53.9 Å². The fourth-order valence-electron chi connectivity index (χ4n) is 3.02. The Morgan fingerprint density at radius 1 is 1.09 bits per heavy atom. The van der Waals surface area contributed by atoms with E-state index >= 15 is 0 Å². The van der Waals surface area contributed by atoms with Gasteiger partial charge in [-0.3, -0.25) is 0 Å². The first kappa shape index (κ1) is 15.4. The average Bonchev–Trinajstić information content (AvgIpc) is 3.07. The third-order valence-corrected chi connectivity index (χ3v) is 4.24. The van der Waals surface area contributed by atoms with Crippen LogP contribution in [0.5, 0.6) is 0 Å². The Balaban J connectivity index is 2.06. The minimum absolute atomic E-state index is 0.198. The fourth-order valence-corrected chi connectivity index (χ4v) is 3.02. The average molecular weight is 309 g/mol. The number of para-hydroxylation sites is 1.